The van der Waals surface area contributed by atoms with E-state index in [9.17, 15) is 8.42 Å². The average Bonchev–Trinajstić information content (AvgIpc) is 3.01. The Kier molecular flexibility index (Phi) is 5.51. The highest BCUT2D eigenvalue weighted by atomic mass is 32.2. The van der Waals surface area contributed by atoms with E-state index in [1.54, 1.807) is 23.4 Å². The third-order valence-corrected chi connectivity index (χ3v) is 6.41. The van der Waals surface area contributed by atoms with Crippen molar-refractivity contribution in [1.29, 1.82) is 0 Å². The maximum atomic E-state index is 12.8. The molecular weight excluding hydrogens is 340 g/mol. The fourth-order valence-electron chi connectivity index (χ4n) is 3.11. The monoisotopic (exact) mass is 365 g/mol. The van der Waals surface area contributed by atoms with Gasteiger partial charge in [0, 0.05) is 6.92 Å². The lowest BCUT2D eigenvalue weighted by atomic mass is 10.1. The van der Waals surface area contributed by atoms with E-state index in [0.29, 0.717) is 36.3 Å². The van der Waals surface area contributed by atoms with E-state index in [-0.39, 0.29) is 0 Å². The largest absolute Gasteiger partial charge is 0.420 e. The SMILES string of the molecule is CCCc1ccc(S(=O)(=O)N2CC[NH+](Cc3nnc(C)o3)CC2)cc1. The van der Waals surface area contributed by atoms with Crippen LogP contribution in [0.15, 0.2) is 33.6 Å². The molecule has 1 fully saturated rings. The summed E-state index contributed by atoms with van der Waals surface area (Å²) < 4.78 is 32.6. The lowest BCUT2D eigenvalue weighted by molar-refractivity contribution is -0.918. The van der Waals surface area contributed by atoms with E-state index >= 15 is 0 Å². The second-order valence-corrected chi connectivity index (χ2v) is 8.38. The molecule has 8 heteroatoms. The summed E-state index contributed by atoms with van der Waals surface area (Å²) in [6.45, 7) is 6.98. The summed E-state index contributed by atoms with van der Waals surface area (Å²) >= 11 is 0. The number of aromatic nitrogens is 2. The van der Waals surface area contributed by atoms with Gasteiger partial charge in [-0.25, -0.2) is 8.42 Å². The first-order chi connectivity index (χ1) is 12.0. The summed E-state index contributed by atoms with van der Waals surface area (Å²) in [5, 5.41) is 7.84. The number of nitrogens with zero attached hydrogens (tertiary/aromatic N) is 3. The number of hydrogen-bond donors (Lipinski definition) is 1. The molecule has 1 saturated heterocycles. The van der Waals surface area contributed by atoms with Gasteiger partial charge in [-0.05, 0) is 24.1 Å². The molecule has 3 rings (SSSR count). The second-order valence-electron chi connectivity index (χ2n) is 6.44. The Balaban J connectivity index is 1.60. The lowest BCUT2D eigenvalue weighted by Crippen LogP contribution is -3.13. The van der Waals surface area contributed by atoms with Crippen LogP contribution in [0.4, 0.5) is 0 Å². The Morgan fingerprint density at radius 2 is 1.84 bits per heavy atom. The molecule has 1 aromatic heterocycles. The van der Waals surface area contributed by atoms with Crippen LogP contribution in [0.25, 0.3) is 0 Å². The molecular formula is C17H25N4O3S+. The molecule has 7 nitrogen and oxygen atoms in total. The number of hydrogen-bond acceptors (Lipinski definition) is 5. The van der Waals surface area contributed by atoms with Crippen LogP contribution in [-0.2, 0) is 23.0 Å². The third-order valence-electron chi connectivity index (χ3n) is 4.50. The topological polar surface area (TPSA) is 80.7 Å². The predicted octanol–water partition coefficient (Wildman–Crippen LogP) is 0.420. The number of rotatable bonds is 6. The number of benzene rings is 1. The van der Waals surface area contributed by atoms with Gasteiger partial charge in [-0.15, -0.1) is 10.2 Å². The minimum Gasteiger partial charge on any atom is -0.420 e. The maximum Gasteiger partial charge on any atom is 0.271 e. The van der Waals surface area contributed by atoms with E-state index in [4.69, 9.17) is 4.42 Å². The van der Waals surface area contributed by atoms with Gasteiger partial charge in [0.15, 0.2) is 6.54 Å². The zero-order valence-electron chi connectivity index (χ0n) is 14.7. The molecule has 0 spiro atoms. The number of aryl methyl sites for hydroxylation is 2. The van der Waals surface area contributed by atoms with Crippen molar-refractivity contribution in [3.63, 3.8) is 0 Å². The fraction of sp³-hybridized carbons (Fsp3) is 0.529. The van der Waals surface area contributed by atoms with E-state index in [1.807, 2.05) is 12.1 Å². The predicted molar refractivity (Wildman–Crippen MR) is 92.6 cm³/mol. The first-order valence-electron chi connectivity index (χ1n) is 8.70. The first-order valence-corrected chi connectivity index (χ1v) is 10.1. The summed E-state index contributed by atoms with van der Waals surface area (Å²) in [5.41, 5.74) is 1.17. The number of piperazine rings is 1. The molecule has 0 unspecified atom stereocenters. The molecule has 25 heavy (non-hydrogen) atoms. The van der Waals surface area contributed by atoms with Gasteiger partial charge in [-0.1, -0.05) is 25.5 Å². The van der Waals surface area contributed by atoms with E-state index in [0.717, 1.165) is 25.9 Å². The highest BCUT2D eigenvalue weighted by Crippen LogP contribution is 2.17. The lowest BCUT2D eigenvalue weighted by Gasteiger charge is -2.30. The summed E-state index contributed by atoms with van der Waals surface area (Å²) in [6.07, 6.45) is 2.02. The molecule has 0 bridgehead atoms. The van der Waals surface area contributed by atoms with Crippen molar-refractivity contribution in [2.45, 2.75) is 38.1 Å². The average molecular weight is 365 g/mol. The van der Waals surface area contributed by atoms with Crippen LogP contribution >= 0.6 is 0 Å². The van der Waals surface area contributed by atoms with Crippen LogP contribution < -0.4 is 4.90 Å². The Morgan fingerprint density at radius 3 is 2.40 bits per heavy atom. The molecule has 1 aromatic carbocycles. The van der Waals surface area contributed by atoms with E-state index in [2.05, 4.69) is 17.1 Å². The van der Waals surface area contributed by atoms with Crippen molar-refractivity contribution in [3.8, 4) is 0 Å². The molecule has 2 heterocycles. The summed E-state index contributed by atoms with van der Waals surface area (Å²) in [4.78, 5) is 1.64. The normalized spacial score (nSPS) is 17.0. The smallest absolute Gasteiger partial charge is 0.271 e. The van der Waals surface area contributed by atoms with E-state index < -0.39 is 10.0 Å². The van der Waals surface area contributed by atoms with Crippen molar-refractivity contribution in [2.24, 2.45) is 0 Å². The van der Waals surface area contributed by atoms with Crippen molar-refractivity contribution >= 4 is 10.0 Å². The third kappa shape index (κ3) is 4.26. The van der Waals surface area contributed by atoms with Crippen LogP contribution in [0.3, 0.4) is 0 Å². The summed E-state index contributed by atoms with van der Waals surface area (Å²) in [7, 11) is -3.42. The van der Waals surface area contributed by atoms with Crippen LogP contribution in [-0.4, -0.2) is 49.1 Å². The van der Waals surface area contributed by atoms with Crippen molar-refractivity contribution in [1.82, 2.24) is 14.5 Å². The van der Waals surface area contributed by atoms with Gasteiger partial charge in [0.2, 0.25) is 15.9 Å². The Morgan fingerprint density at radius 1 is 1.16 bits per heavy atom. The van der Waals surface area contributed by atoms with E-state index in [1.165, 1.54) is 10.5 Å². The molecule has 136 valence electrons. The molecule has 0 saturated carbocycles. The van der Waals surface area contributed by atoms with Gasteiger partial charge in [-0.3, -0.25) is 0 Å². The molecule has 1 aliphatic heterocycles. The molecule has 1 aliphatic rings. The molecule has 0 amide bonds. The first kappa shape index (κ1) is 18.0. The van der Waals surface area contributed by atoms with Gasteiger partial charge in [0.25, 0.3) is 5.89 Å². The van der Waals surface area contributed by atoms with Crippen molar-refractivity contribution in [2.75, 3.05) is 26.2 Å². The molecule has 2 aromatic rings. The quantitative estimate of drug-likeness (QED) is 0.802. The highest BCUT2D eigenvalue weighted by molar-refractivity contribution is 7.89. The number of sulfonamides is 1. The Hall–Kier alpha value is -1.77. The molecule has 0 atom stereocenters. The molecule has 1 N–H and O–H groups in total. The molecule has 0 radical (unpaired) electrons. The Labute approximate surface area is 148 Å². The maximum absolute atomic E-state index is 12.8. The Bertz CT molecular complexity index is 794. The standard InChI is InChI=1S/C17H24N4O3S/c1-3-4-15-5-7-16(8-6-15)25(22,23)21-11-9-20(10-12-21)13-17-19-18-14(2)24-17/h5-8H,3-4,9-13H2,1-2H3/p+1. The number of quaternary nitrogens is 1. The van der Waals surface area contributed by atoms with Crippen molar-refractivity contribution in [3.05, 3.63) is 41.6 Å². The summed E-state index contributed by atoms with van der Waals surface area (Å²) in [5.74, 6) is 1.16. The number of nitrogens with one attached hydrogen (secondary N) is 1. The van der Waals surface area contributed by atoms with Gasteiger partial charge >= 0.3 is 0 Å². The second kappa shape index (κ2) is 7.63. The molecule has 0 aliphatic carbocycles. The van der Waals surface area contributed by atoms with Gasteiger partial charge in [0.1, 0.15) is 0 Å². The van der Waals surface area contributed by atoms with Gasteiger partial charge < -0.3 is 9.32 Å². The minimum absolute atomic E-state index is 0.378. The van der Waals surface area contributed by atoms with Crippen molar-refractivity contribution < 1.29 is 17.7 Å². The highest BCUT2D eigenvalue weighted by Gasteiger charge is 2.31. The summed E-state index contributed by atoms with van der Waals surface area (Å²) in [6, 6.07) is 7.27. The zero-order chi connectivity index (χ0) is 17.9. The van der Waals surface area contributed by atoms with Crippen LogP contribution in [0.1, 0.15) is 30.7 Å². The van der Waals surface area contributed by atoms with Crippen LogP contribution in [0, 0.1) is 6.92 Å². The fourth-order valence-corrected chi connectivity index (χ4v) is 4.55. The van der Waals surface area contributed by atoms with Crippen LogP contribution in [0.2, 0.25) is 0 Å². The van der Waals surface area contributed by atoms with Crippen LogP contribution in [0.5, 0.6) is 0 Å². The van der Waals surface area contributed by atoms with Gasteiger partial charge in [-0.2, -0.15) is 4.31 Å². The van der Waals surface area contributed by atoms with Gasteiger partial charge in [0.05, 0.1) is 31.1 Å². The zero-order valence-corrected chi connectivity index (χ0v) is 15.6. The minimum atomic E-state index is -3.42.